The van der Waals surface area contributed by atoms with Gasteiger partial charge in [0.05, 0.1) is 4.90 Å². The molecule has 2 aromatic carbocycles. The van der Waals surface area contributed by atoms with E-state index in [-0.39, 0.29) is 25.4 Å². The molecule has 2 aromatic rings. The van der Waals surface area contributed by atoms with Crippen LogP contribution in [0.15, 0.2) is 41.3 Å². The first-order valence-corrected chi connectivity index (χ1v) is 12.2. The number of nitrogens with one attached hydrogen (secondary N) is 1. The number of benzene rings is 2. The molecule has 0 radical (unpaired) electrons. The molecule has 0 atom stereocenters. The van der Waals surface area contributed by atoms with Gasteiger partial charge in [-0.2, -0.15) is 4.31 Å². The van der Waals surface area contributed by atoms with Crippen molar-refractivity contribution in [2.24, 2.45) is 0 Å². The monoisotopic (exact) mass is 443 g/mol. The van der Waals surface area contributed by atoms with Crippen molar-refractivity contribution in [1.29, 1.82) is 0 Å². The molecule has 0 unspecified atom stereocenters. The number of amides is 1. The van der Waals surface area contributed by atoms with E-state index < -0.39 is 10.0 Å². The minimum atomic E-state index is -3.77. The van der Waals surface area contributed by atoms with Crippen molar-refractivity contribution in [2.75, 3.05) is 32.7 Å². The summed E-state index contributed by atoms with van der Waals surface area (Å²) in [5, 5.41) is 3.23. The van der Waals surface area contributed by atoms with Gasteiger partial charge in [0.2, 0.25) is 15.9 Å². The molecule has 1 amide bonds. The highest BCUT2D eigenvalue weighted by Gasteiger charge is 2.29. The highest BCUT2D eigenvalue weighted by Crippen LogP contribution is 2.27. The van der Waals surface area contributed by atoms with E-state index in [1.165, 1.54) is 4.31 Å². The van der Waals surface area contributed by atoms with Crippen molar-refractivity contribution in [1.82, 2.24) is 14.5 Å². The minimum Gasteiger partial charge on any atom is -0.340 e. The second-order valence-corrected chi connectivity index (χ2v) is 10.3. The van der Waals surface area contributed by atoms with E-state index >= 15 is 0 Å². The van der Waals surface area contributed by atoms with Crippen LogP contribution in [-0.4, -0.2) is 56.3 Å². The van der Waals surface area contributed by atoms with Gasteiger partial charge in [-0.3, -0.25) is 4.79 Å². The summed E-state index contributed by atoms with van der Waals surface area (Å²) in [4.78, 5) is 14.9. The first-order chi connectivity index (χ1) is 14.7. The number of carbonyl (C=O) groups is 1. The molecule has 0 spiro atoms. The lowest BCUT2D eigenvalue weighted by Crippen LogP contribution is -2.47. The normalized spacial score (nSPS) is 14.8. The van der Waals surface area contributed by atoms with Crippen LogP contribution in [0.4, 0.5) is 0 Å². The fourth-order valence-corrected chi connectivity index (χ4v) is 6.13. The summed E-state index contributed by atoms with van der Waals surface area (Å²) in [7, 11) is -3.77. The molecule has 7 heteroatoms. The first kappa shape index (κ1) is 23.4. The lowest BCUT2D eigenvalue weighted by molar-refractivity contribution is -0.131. The van der Waals surface area contributed by atoms with Gasteiger partial charge in [-0.05, 0) is 44.4 Å². The molecule has 1 aliphatic heterocycles. The number of hydrogen-bond acceptors (Lipinski definition) is 4. The lowest BCUT2D eigenvalue weighted by Gasteiger charge is -2.29. The van der Waals surface area contributed by atoms with Crippen LogP contribution < -0.4 is 5.32 Å². The molecule has 31 heavy (non-hydrogen) atoms. The van der Waals surface area contributed by atoms with Gasteiger partial charge in [0.1, 0.15) is 0 Å². The number of rotatable bonds is 7. The molecule has 1 aliphatic rings. The second-order valence-electron chi connectivity index (χ2n) is 8.44. The Kier molecular flexibility index (Phi) is 7.51. The summed E-state index contributed by atoms with van der Waals surface area (Å²) in [6.07, 6.45) is 0.176. The van der Waals surface area contributed by atoms with Crippen LogP contribution in [0.25, 0.3) is 0 Å². The van der Waals surface area contributed by atoms with Crippen LogP contribution in [0, 0.1) is 27.7 Å². The Balaban J connectivity index is 1.90. The number of hydrogen-bond donors (Lipinski definition) is 1. The molecule has 0 saturated carbocycles. The maximum atomic E-state index is 13.8. The van der Waals surface area contributed by atoms with E-state index in [0.29, 0.717) is 18.0 Å². The molecule has 1 heterocycles. The Morgan fingerprint density at radius 3 is 2.26 bits per heavy atom. The van der Waals surface area contributed by atoms with Crippen molar-refractivity contribution < 1.29 is 13.2 Å². The average Bonchev–Trinajstić information content (AvgIpc) is 2.70. The Morgan fingerprint density at radius 2 is 1.65 bits per heavy atom. The van der Waals surface area contributed by atoms with Crippen molar-refractivity contribution in [3.8, 4) is 0 Å². The maximum absolute atomic E-state index is 13.8. The van der Waals surface area contributed by atoms with Crippen molar-refractivity contribution in [2.45, 2.75) is 45.6 Å². The summed E-state index contributed by atoms with van der Waals surface area (Å²) in [6, 6.07) is 11.7. The third-order valence-corrected chi connectivity index (χ3v) is 7.84. The predicted octanol–water partition coefficient (Wildman–Crippen LogP) is 2.93. The van der Waals surface area contributed by atoms with Crippen LogP contribution in [0.1, 0.15) is 34.2 Å². The number of sulfonamides is 1. The molecule has 1 fully saturated rings. The summed E-state index contributed by atoms with van der Waals surface area (Å²) >= 11 is 0. The van der Waals surface area contributed by atoms with Gasteiger partial charge in [-0.15, -0.1) is 0 Å². The minimum absolute atomic E-state index is 0.00305. The lowest BCUT2D eigenvalue weighted by atomic mass is 10.1. The fourth-order valence-electron chi connectivity index (χ4n) is 4.29. The molecule has 0 aliphatic carbocycles. The fraction of sp³-hybridized carbons (Fsp3) is 0.458. The van der Waals surface area contributed by atoms with Crippen LogP contribution in [-0.2, 0) is 21.4 Å². The van der Waals surface area contributed by atoms with Gasteiger partial charge in [0, 0.05) is 45.7 Å². The van der Waals surface area contributed by atoms with Gasteiger partial charge in [-0.25, -0.2) is 8.42 Å². The third kappa shape index (κ3) is 5.73. The van der Waals surface area contributed by atoms with Crippen LogP contribution in [0.3, 0.4) is 0 Å². The Morgan fingerprint density at radius 1 is 1.00 bits per heavy atom. The van der Waals surface area contributed by atoms with Crippen molar-refractivity contribution >= 4 is 15.9 Å². The molecule has 168 valence electrons. The Hall–Kier alpha value is -2.22. The van der Waals surface area contributed by atoms with Gasteiger partial charge < -0.3 is 10.2 Å². The molecule has 3 rings (SSSR count). The average molecular weight is 444 g/mol. The zero-order valence-corrected chi connectivity index (χ0v) is 19.8. The molecule has 1 saturated heterocycles. The van der Waals surface area contributed by atoms with Gasteiger partial charge in [0.25, 0.3) is 0 Å². The third-order valence-electron chi connectivity index (χ3n) is 5.69. The van der Waals surface area contributed by atoms with Gasteiger partial charge in [0.15, 0.2) is 0 Å². The Bertz CT molecular complexity index is 1020. The number of piperazine rings is 1. The molecule has 0 aromatic heterocycles. The van der Waals surface area contributed by atoms with Crippen LogP contribution in [0.2, 0.25) is 0 Å². The number of nitrogens with zero attached hydrogens (tertiary/aromatic N) is 2. The number of carbonyl (C=O) groups excluding carboxylic acids is 1. The first-order valence-electron chi connectivity index (χ1n) is 10.8. The van der Waals surface area contributed by atoms with Gasteiger partial charge in [-0.1, -0.05) is 47.5 Å². The van der Waals surface area contributed by atoms with E-state index in [0.717, 1.165) is 40.9 Å². The molecule has 0 bridgehead atoms. The Labute approximate surface area is 186 Å². The van der Waals surface area contributed by atoms with E-state index in [2.05, 4.69) is 5.32 Å². The quantitative estimate of drug-likeness (QED) is 0.714. The van der Waals surface area contributed by atoms with Crippen LogP contribution in [0.5, 0.6) is 0 Å². The SMILES string of the molecule is Cc1cccc(CN(CCC(=O)N2CCNCC2)S(=O)(=O)c2c(C)cc(C)cc2C)c1. The predicted molar refractivity (Wildman–Crippen MR) is 123 cm³/mol. The van der Waals surface area contributed by atoms with E-state index in [4.69, 9.17) is 0 Å². The summed E-state index contributed by atoms with van der Waals surface area (Å²) in [5.74, 6) is 0.00305. The highest BCUT2D eigenvalue weighted by atomic mass is 32.2. The van der Waals surface area contributed by atoms with Crippen molar-refractivity contribution in [3.05, 3.63) is 64.2 Å². The van der Waals surface area contributed by atoms with E-state index in [1.807, 2.05) is 69.0 Å². The zero-order chi connectivity index (χ0) is 22.6. The standard InChI is InChI=1S/C24H33N3O3S/c1-18-6-5-7-22(16-18)17-27(11-8-23(28)26-12-9-25-10-13-26)31(29,30)24-20(3)14-19(2)15-21(24)4/h5-7,14-16,25H,8-13,17H2,1-4H3. The van der Waals surface area contributed by atoms with E-state index in [9.17, 15) is 13.2 Å². The smallest absolute Gasteiger partial charge is 0.243 e. The molecule has 6 nitrogen and oxygen atoms in total. The molecular weight excluding hydrogens is 410 g/mol. The van der Waals surface area contributed by atoms with Crippen LogP contribution >= 0.6 is 0 Å². The summed E-state index contributed by atoms with van der Waals surface area (Å²) in [6.45, 7) is 10.9. The maximum Gasteiger partial charge on any atom is 0.243 e. The second kappa shape index (κ2) is 9.94. The number of aryl methyl sites for hydroxylation is 4. The van der Waals surface area contributed by atoms with E-state index in [1.54, 1.807) is 0 Å². The molecule has 1 N–H and O–H groups in total. The highest BCUT2D eigenvalue weighted by molar-refractivity contribution is 7.89. The largest absolute Gasteiger partial charge is 0.340 e. The van der Waals surface area contributed by atoms with Gasteiger partial charge >= 0.3 is 0 Å². The zero-order valence-electron chi connectivity index (χ0n) is 18.9. The summed E-state index contributed by atoms with van der Waals surface area (Å²) < 4.78 is 29.0. The van der Waals surface area contributed by atoms with Crippen molar-refractivity contribution in [3.63, 3.8) is 0 Å². The topological polar surface area (TPSA) is 69.7 Å². The molecular formula is C24H33N3O3S. The summed E-state index contributed by atoms with van der Waals surface area (Å²) in [5.41, 5.74) is 4.50.